The predicted molar refractivity (Wildman–Crippen MR) is 104 cm³/mol. The van der Waals surface area contributed by atoms with Gasteiger partial charge in [0.05, 0.1) is 7.11 Å². The number of ether oxygens (including phenoxy) is 1. The van der Waals surface area contributed by atoms with Crippen LogP contribution < -0.4 is 10.3 Å². The van der Waals surface area contributed by atoms with E-state index < -0.39 is 0 Å². The molecule has 1 amide bonds. The lowest BCUT2D eigenvalue weighted by molar-refractivity contribution is 0.0645. The molecular weight excluding hydrogens is 342 g/mol. The highest BCUT2D eigenvalue weighted by atomic mass is 16.5. The minimum absolute atomic E-state index is 0.130. The zero-order valence-corrected chi connectivity index (χ0v) is 16.2. The maximum absolute atomic E-state index is 13.2. The van der Waals surface area contributed by atoms with Crippen molar-refractivity contribution in [2.45, 2.75) is 52.2 Å². The van der Waals surface area contributed by atoms with E-state index in [1.807, 2.05) is 36.1 Å². The van der Waals surface area contributed by atoms with Crippen LogP contribution in [0.1, 0.15) is 49.2 Å². The van der Waals surface area contributed by atoms with Crippen molar-refractivity contribution < 1.29 is 9.53 Å². The summed E-state index contributed by atoms with van der Waals surface area (Å²) in [5, 5.41) is 4.31. The van der Waals surface area contributed by atoms with Gasteiger partial charge in [-0.05, 0) is 55.9 Å². The molecule has 2 aromatic rings. The molecule has 0 unspecified atom stereocenters. The van der Waals surface area contributed by atoms with Gasteiger partial charge in [-0.1, -0.05) is 19.1 Å². The maximum Gasteiger partial charge on any atom is 0.274 e. The molecule has 1 aliphatic rings. The van der Waals surface area contributed by atoms with Crippen LogP contribution in [0.25, 0.3) is 0 Å². The van der Waals surface area contributed by atoms with Gasteiger partial charge in [0.15, 0.2) is 0 Å². The molecule has 0 spiro atoms. The Balaban J connectivity index is 1.86. The summed E-state index contributed by atoms with van der Waals surface area (Å²) in [5.41, 5.74) is 1.19. The topological polar surface area (TPSA) is 64.4 Å². The first-order chi connectivity index (χ1) is 13.0. The molecule has 27 heavy (non-hydrogen) atoms. The van der Waals surface area contributed by atoms with Gasteiger partial charge in [-0.15, -0.1) is 0 Å². The average molecular weight is 369 g/mol. The van der Waals surface area contributed by atoms with Gasteiger partial charge < -0.3 is 9.64 Å². The summed E-state index contributed by atoms with van der Waals surface area (Å²) in [5.74, 6) is 1.20. The standard InChI is InChI=1S/C21H27N3O3/c1-4-13-24-20(25)12-11-19(22-24)21(26)23(15(2)17-7-8-17)14-16-5-9-18(27-3)10-6-16/h5-6,9-12,15,17H,4,7-8,13-14H2,1-3H3/t15-/m1/s1. The highest BCUT2D eigenvalue weighted by Crippen LogP contribution is 2.36. The molecule has 1 atom stereocenters. The van der Waals surface area contributed by atoms with Crippen LogP contribution in [0.2, 0.25) is 0 Å². The Morgan fingerprint density at radius 1 is 1.26 bits per heavy atom. The Bertz CT molecular complexity index is 840. The molecule has 1 heterocycles. The third-order valence-electron chi connectivity index (χ3n) is 5.09. The number of hydrogen-bond donors (Lipinski definition) is 0. The fraction of sp³-hybridized carbons (Fsp3) is 0.476. The lowest BCUT2D eigenvalue weighted by Crippen LogP contribution is -2.40. The summed E-state index contributed by atoms with van der Waals surface area (Å²) >= 11 is 0. The van der Waals surface area contributed by atoms with Gasteiger partial charge in [-0.3, -0.25) is 9.59 Å². The summed E-state index contributed by atoms with van der Waals surface area (Å²) in [6, 6.07) is 10.9. The number of carbonyl (C=O) groups excluding carboxylic acids is 1. The van der Waals surface area contributed by atoms with Crippen LogP contribution >= 0.6 is 0 Å². The van der Waals surface area contributed by atoms with Crippen LogP contribution in [0.5, 0.6) is 5.75 Å². The number of nitrogens with zero attached hydrogens (tertiary/aromatic N) is 3. The van der Waals surface area contributed by atoms with Crippen LogP contribution in [0.15, 0.2) is 41.2 Å². The van der Waals surface area contributed by atoms with Crippen molar-refractivity contribution in [2.75, 3.05) is 7.11 Å². The number of methoxy groups -OCH3 is 1. The number of amides is 1. The van der Waals surface area contributed by atoms with Gasteiger partial charge in [0.1, 0.15) is 11.4 Å². The molecule has 1 fully saturated rings. The SMILES string of the molecule is CCCn1nc(C(=O)N(Cc2ccc(OC)cc2)[C@H](C)C2CC2)ccc1=O. The molecule has 144 valence electrons. The minimum Gasteiger partial charge on any atom is -0.497 e. The van der Waals surface area contributed by atoms with Crippen LogP contribution in [-0.2, 0) is 13.1 Å². The summed E-state index contributed by atoms with van der Waals surface area (Å²) in [6.45, 7) is 5.10. The summed E-state index contributed by atoms with van der Waals surface area (Å²) in [7, 11) is 1.64. The van der Waals surface area contributed by atoms with Crippen molar-refractivity contribution in [1.29, 1.82) is 0 Å². The van der Waals surface area contributed by atoms with E-state index in [1.165, 1.54) is 16.8 Å². The fourth-order valence-corrected chi connectivity index (χ4v) is 3.24. The van der Waals surface area contributed by atoms with E-state index in [4.69, 9.17) is 4.74 Å². The lowest BCUT2D eigenvalue weighted by atomic mass is 10.1. The van der Waals surface area contributed by atoms with Crippen molar-refractivity contribution in [3.05, 3.63) is 58.0 Å². The average Bonchev–Trinajstić information content (AvgIpc) is 3.53. The molecule has 6 heteroatoms. The monoisotopic (exact) mass is 369 g/mol. The van der Waals surface area contributed by atoms with Crippen LogP contribution in [-0.4, -0.2) is 33.7 Å². The molecule has 0 aliphatic heterocycles. The summed E-state index contributed by atoms with van der Waals surface area (Å²) in [4.78, 5) is 27.0. The number of aromatic nitrogens is 2. The van der Waals surface area contributed by atoms with Gasteiger partial charge in [0.2, 0.25) is 0 Å². The first kappa shape index (κ1) is 19.1. The molecular formula is C21H27N3O3. The van der Waals surface area contributed by atoms with Gasteiger partial charge in [0.25, 0.3) is 11.5 Å². The van der Waals surface area contributed by atoms with Crippen LogP contribution in [0.3, 0.4) is 0 Å². The molecule has 0 N–H and O–H groups in total. The van der Waals surface area contributed by atoms with Crippen LogP contribution in [0, 0.1) is 5.92 Å². The quantitative estimate of drug-likeness (QED) is 0.717. The molecule has 0 bridgehead atoms. The number of rotatable bonds is 8. The molecule has 1 aromatic heterocycles. The molecule has 1 aliphatic carbocycles. The highest BCUT2D eigenvalue weighted by molar-refractivity contribution is 5.92. The number of aryl methyl sites for hydroxylation is 1. The zero-order chi connectivity index (χ0) is 19.4. The molecule has 6 nitrogen and oxygen atoms in total. The van der Waals surface area contributed by atoms with Crippen molar-refractivity contribution in [3.63, 3.8) is 0 Å². The normalized spacial score (nSPS) is 14.6. The molecule has 0 radical (unpaired) electrons. The van der Waals surface area contributed by atoms with E-state index in [0.717, 1.165) is 30.6 Å². The summed E-state index contributed by atoms with van der Waals surface area (Å²) in [6.07, 6.45) is 3.09. The Morgan fingerprint density at radius 3 is 2.56 bits per heavy atom. The van der Waals surface area contributed by atoms with Crippen molar-refractivity contribution in [3.8, 4) is 5.75 Å². The van der Waals surface area contributed by atoms with E-state index in [2.05, 4.69) is 12.0 Å². The third-order valence-corrected chi connectivity index (χ3v) is 5.09. The lowest BCUT2D eigenvalue weighted by Gasteiger charge is -2.29. The van der Waals surface area contributed by atoms with Crippen molar-refractivity contribution >= 4 is 5.91 Å². The maximum atomic E-state index is 13.2. The van der Waals surface area contributed by atoms with E-state index in [1.54, 1.807) is 7.11 Å². The number of benzene rings is 1. The van der Waals surface area contributed by atoms with E-state index >= 15 is 0 Å². The molecule has 1 aromatic carbocycles. The molecule has 0 saturated heterocycles. The van der Waals surface area contributed by atoms with Gasteiger partial charge in [0, 0.05) is 25.2 Å². The first-order valence-electron chi connectivity index (χ1n) is 9.55. The summed E-state index contributed by atoms with van der Waals surface area (Å²) < 4.78 is 6.59. The smallest absolute Gasteiger partial charge is 0.274 e. The van der Waals surface area contributed by atoms with Gasteiger partial charge in [-0.25, -0.2) is 4.68 Å². The second kappa shape index (κ2) is 8.37. The van der Waals surface area contributed by atoms with E-state index in [9.17, 15) is 9.59 Å². The van der Waals surface area contributed by atoms with Crippen molar-refractivity contribution in [1.82, 2.24) is 14.7 Å². The van der Waals surface area contributed by atoms with E-state index in [-0.39, 0.29) is 17.5 Å². The Labute approximate surface area is 159 Å². The highest BCUT2D eigenvalue weighted by Gasteiger charge is 2.35. The Kier molecular flexibility index (Phi) is 5.94. The Hall–Kier alpha value is -2.63. The minimum atomic E-state index is -0.176. The Morgan fingerprint density at radius 2 is 1.96 bits per heavy atom. The predicted octanol–water partition coefficient (Wildman–Crippen LogP) is 3.10. The van der Waals surface area contributed by atoms with Gasteiger partial charge >= 0.3 is 0 Å². The number of carbonyl (C=O) groups is 1. The van der Waals surface area contributed by atoms with Crippen molar-refractivity contribution in [2.24, 2.45) is 5.92 Å². The first-order valence-corrected chi connectivity index (χ1v) is 9.55. The zero-order valence-electron chi connectivity index (χ0n) is 16.2. The third kappa shape index (κ3) is 4.56. The van der Waals surface area contributed by atoms with Gasteiger partial charge in [-0.2, -0.15) is 5.10 Å². The molecule has 1 saturated carbocycles. The molecule has 3 rings (SSSR count). The van der Waals surface area contributed by atoms with Crippen LogP contribution in [0.4, 0.5) is 0 Å². The second-order valence-corrected chi connectivity index (χ2v) is 7.14. The van der Waals surface area contributed by atoms with E-state index in [0.29, 0.717) is 24.7 Å². The largest absolute Gasteiger partial charge is 0.497 e. The number of hydrogen-bond acceptors (Lipinski definition) is 4. The second-order valence-electron chi connectivity index (χ2n) is 7.14. The fourth-order valence-electron chi connectivity index (χ4n) is 3.24.